The van der Waals surface area contributed by atoms with Crippen molar-refractivity contribution in [3.63, 3.8) is 0 Å². The highest BCUT2D eigenvalue weighted by molar-refractivity contribution is 5.93. The van der Waals surface area contributed by atoms with Gasteiger partial charge in [0.05, 0.1) is 6.54 Å². The van der Waals surface area contributed by atoms with Gasteiger partial charge in [0.25, 0.3) is 0 Å². The Kier molecular flexibility index (Phi) is 6.12. The van der Waals surface area contributed by atoms with E-state index in [-0.39, 0.29) is 12.5 Å². The Hall–Kier alpha value is -2.53. The predicted octanol–water partition coefficient (Wildman–Crippen LogP) is 3.05. The second kappa shape index (κ2) is 8.72. The molecule has 0 unspecified atom stereocenters. The number of piperazine rings is 1. The molecule has 0 aliphatic carbocycles. The van der Waals surface area contributed by atoms with Crippen molar-refractivity contribution >= 4 is 23.0 Å². The molecule has 26 heavy (non-hydrogen) atoms. The maximum absolute atomic E-state index is 12.1. The first-order chi connectivity index (χ1) is 12.6. The van der Waals surface area contributed by atoms with Gasteiger partial charge >= 0.3 is 0 Å². The van der Waals surface area contributed by atoms with Crippen molar-refractivity contribution in [3.8, 4) is 0 Å². The second-order valence-electron chi connectivity index (χ2n) is 6.79. The molecule has 0 saturated carbocycles. The van der Waals surface area contributed by atoms with Gasteiger partial charge < -0.3 is 20.4 Å². The van der Waals surface area contributed by atoms with Crippen LogP contribution in [0.4, 0.5) is 17.1 Å². The lowest BCUT2D eigenvalue weighted by atomic mass is 10.1. The Balaban J connectivity index is 1.47. The van der Waals surface area contributed by atoms with E-state index in [9.17, 15) is 4.79 Å². The molecular formula is C21H28N4O. The number of rotatable bonds is 6. The van der Waals surface area contributed by atoms with E-state index in [1.165, 1.54) is 11.3 Å². The molecule has 1 amide bonds. The van der Waals surface area contributed by atoms with Gasteiger partial charge in [0.2, 0.25) is 5.91 Å². The number of amides is 1. The van der Waals surface area contributed by atoms with Crippen molar-refractivity contribution in [2.24, 2.45) is 0 Å². The number of hydrogen-bond acceptors (Lipinski definition) is 4. The number of anilines is 3. The summed E-state index contributed by atoms with van der Waals surface area (Å²) in [6.45, 7) is 6.65. The van der Waals surface area contributed by atoms with Gasteiger partial charge in [-0.15, -0.1) is 0 Å². The van der Waals surface area contributed by atoms with E-state index in [2.05, 4.69) is 58.7 Å². The lowest BCUT2D eigenvalue weighted by Crippen LogP contribution is -2.44. The van der Waals surface area contributed by atoms with Crippen LogP contribution in [0.3, 0.4) is 0 Å². The smallest absolute Gasteiger partial charge is 0.243 e. The minimum absolute atomic E-state index is 0.0445. The topological polar surface area (TPSA) is 47.6 Å². The Labute approximate surface area is 156 Å². The number of carbonyl (C=O) groups excluding carboxylic acids is 1. The maximum atomic E-state index is 12.1. The molecule has 5 heteroatoms. The van der Waals surface area contributed by atoms with E-state index in [1.54, 1.807) is 0 Å². The van der Waals surface area contributed by atoms with Crippen molar-refractivity contribution < 1.29 is 4.79 Å². The van der Waals surface area contributed by atoms with E-state index in [1.807, 2.05) is 24.3 Å². The molecular weight excluding hydrogens is 324 g/mol. The first-order valence-corrected chi connectivity index (χ1v) is 9.30. The molecule has 2 aromatic carbocycles. The van der Waals surface area contributed by atoms with Crippen LogP contribution < -0.4 is 15.5 Å². The van der Waals surface area contributed by atoms with Crippen LogP contribution in [0.5, 0.6) is 0 Å². The molecule has 1 aliphatic rings. The molecule has 1 saturated heterocycles. The van der Waals surface area contributed by atoms with Crippen LogP contribution in [-0.2, 0) is 11.2 Å². The highest BCUT2D eigenvalue weighted by Crippen LogP contribution is 2.19. The summed E-state index contributed by atoms with van der Waals surface area (Å²) >= 11 is 0. The van der Waals surface area contributed by atoms with Crippen LogP contribution in [0.1, 0.15) is 12.5 Å². The van der Waals surface area contributed by atoms with Gasteiger partial charge in [-0.2, -0.15) is 0 Å². The zero-order valence-electron chi connectivity index (χ0n) is 15.7. The largest absolute Gasteiger partial charge is 0.376 e. The molecule has 2 N–H and O–H groups in total. The SMILES string of the molecule is CCc1ccc(NCC(=O)Nc2ccc(N3CCN(C)CC3)cc2)cc1. The number of carbonyl (C=O) groups is 1. The van der Waals surface area contributed by atoms with Gasteiger partial charge in [-0.1, -0.05) is 19.1 Å². The molecule has 138 valence electrons. The lowest BCUT2D eigenvalue weighted by Gasteiger charge is -2.34. The van der Waals surface area contributed by atoms with Gasteiger partial charge in [0, 0.05) is 43.2 Å². The number of benzene rings is 2. The average Bonchev–Trinajstić information content (AvgIpc) is 2.68. The summed E-state index contributed by atoms with van der Waals surface area (Å²) in [5, 5.41) is 6.10. The van der Waals surface area contributed by atoms with Crippen LogP contribution in [0.15, 0.2) is 48.5 Å². The Morgan fingerprint density at radius 2 is 1.54 bits per heavy atom. The molecule has 0 radical (unpaired) electrons. The maximum Gasteiger partial charge on any atom is 0.243 e. The second-order valence-corrected chi connectivity index (χ2v) is 6.79. The molecule has 0 bridgehead atoms. The molecule has 0 atom stereocenters. The van der Waals surface area contributed by atoms with Crippen LogP contribution in [-0.4, -0.2) is 50.6 Å². The molecule has 5 nitrogen and oxygen atoms in total. The fourth-order valence-electron chi connectivity index (χ4n) is 3.07. The molecule has 1 heterocycles. The van der Waals surface area contributed by atoms with Gasteiger partial charge in [-0.3, -0.25) is 4.79 Å². The summed E-state index contributed by atoms with van der Waals surface area (Å²) in [6.07, 6.45) is 1.02. The van der Waals surface area contributed by atoms with Gasteiger partial charge in [0.15, 0.2) is 0 Å². The van der Waals surface area contributed by atoms with Crippen molar-refractivity contribution in [1.82, 2.24) is 4.90 Å². The number of nitrogens with zero attached hydrogens (tertiary/aromatic N) is 2. The van der Waals surface area contributed by atoms with Crippen LogP contribution in [0.25, 0.3) is 0 Å². The van der Waals surface area contributed by atoms with Gasteiger partial charge in [0.1, 0.15) is 0 Å². The van der Waals surface area contributed by atoms with E-state index in [0.29, 0.717) is 0 Å². The summed E-state index contributed by atoms with van der Waals surface area (Å²) in [6, 6.07) is 16.3. The number of hydrogen-bond donors (Lipinski definition) is 2. The summed E-state index contributed by atoms with van der Waals surface area (Å²) in [5.41, 5.74) is 4.30. The fraction of sp³-hybridized carbons (Fsp3) is 0.381. The molecule has 1 aliphatic heterocycles. The molecule has 0 aromatic heterocycles. The van der Waals surface area contributed by atoms with Crippen molar-refractivity contribution in [2.75, 3.05) is 55.3 Å². The van der Waals surface area contributed by atoms with Crippen LogP contribution >= 0.6 is 0 Å². The predicted molar refractivity (Wildman–Crippen MR) is 109 cm³/mol. The quantitative estimate of drug-likeness (QED) is 0.839. The average molecular weight is 352 g/mol. The molecule has 2 aromatic rings. The van der Waals surface area contributed by atoms with E-state index in [4.69, 9.17) is 0 Å². The summed E-state index contributed by atoms with van der Waals surface area (Å²) in [5.74, 6) is -0.0445. The lowest BCUT2D eigenvalue weighted by molar-refractivity contribution is -0.114. The third-order valence-electron chi connectivity index (χ3n) is 4.83. The van der Waals surface area contributed by atoms with Crippen LogP contribution in [0, 0.1) is 0 Å². The van der Waals surface area contributed by atoms with Gasteiger partial charge in [-0.25, -0.2) is 0 Å². The first kappa shape index (κ1) is 18.3. The summed E-state index contributed by atoms with van der Waals surface area (Å²) < 4.78 is 0. The molecule has 0 spiro atoms. The number of nitrogens with one attached hydrogen (secondary N) is 2. The molecule has 1 fully saturated rings. The summed E-state index contributed by atoms with van der Waals surface area (Å²) in [4.78, 5) is 16.9. The first-order valence-electron chi connectivity index (χ1n) is 9.30. The monoisotopic (exact) mass is 352 g/mol. The normalized spacial score (nSPS) is 14.9. The fourth-order valence-corrected chi connectivity index (χ4v) is 3.07. The van der Waals surface area contributed by atoms with E-state index < -0.39 is 0 Å². The Bertz CT molecular complexity index is 704. The Morgan fingerprint density at radius 1 is 0.923 bits per heavy atom. The van der Waals surface area contributed by atoms with Crippen molar-refractivity contribution in [1.29, 1.82) is 0 Å². The number of aryl methyl sites for hydroxylation is 1. The third kappa shape index (κ3) is 4.99. The van der Waals surface area contributed by atoms with Crippen molar-refractivity contribution in [2.45, 2.75) is 13.3 Å². The Morgan fingerprint density at radius 3 is 2.15 bits per heavy atom. The summed E-state index contributed by atoms with van der Waals surface area (Å²) in [7, 11) is 2.15. The highest BCUT2D eigenvalue weighted by atomic mass is 16.1. The zero-order valence-corrected chi connectivity index (χ0v) is 15.7. The van der Waals surface area contributed by atoms with E-state index >= 15 is 0 Å². The highest BCUT2D eigenvalue weighted by Gasteiger charge is 2.14. The minimum atomic E-state index is -0.0445. The van der Waals surface area contributed by atoms with Crippen molar-refractivity contribution in [3.05, 3.63) is 54.1 Å². The van der Waals surface area contributed by atoms with E-state index in [0.717, 1.165) is 44.0 Å². The molecule has 3 rings (SSSR count). The standard InChI is InChI=1S/C21H28N4O/c1-3-17-4-6-18(7-5-17)22-16-21(26)23-19-8-10-20(11-9-19)25-14-12-24(2)13-15-25/h4-11,22H,3,12-16H2,1-2H3,(H,23,26). The zero-order chi connectivity index (χ0) is 18.4. The third-order valence-corrected chi connectivity index (χ3v) is 4.83. The minimum Gasteiger partial charge on any atom is -0.376 e. The van der Waals surface area contributed by atoms with Gasteiger partial charge in [-0.05, 0) is 55.4 Å². The van der Waals surface area contributed by atoms with Crippen LogP contribution in [0.2, 0.25) is 0 Å². The number of likely N-dealkylation sites (N-methyl/N-ethyl adjacent to an activating group) is 1.